The summed E-state index contributed by atoms with van der Waals surface area (Å²) in [5.41, 5.74) is 2.80. The van der Waals surface area contributed by atoms with Gasteiger partial charge in [0, 0.05) is 35.3 Å². The zero-order valence-corrected chi connectivity index (χ0v) is 11.8. The van der Waals surface area contributed by atoms with Crippen molar-refractivity contribution in [2.45, 2.75) is 12.8 Å². The monoisotopic (exact) mass is 284 g/mol. The zero-order valence-electron chi connectivity index (χ0n) is 11.0. The van der Waals surface area contributed by atoms with Gasteiger partial charge >= 0.3 is 0 Å². The van der Waals surface area contributed by atoms with E-state index < -0.39 is 0 Å². The van der Waals surface area contributed by atoms with E-state index >= 15 is 0 Å². The Kier molecular flexibility index (Phi) is 3.52. The van der Waals surface area contributed by atoms with Crippen molar-refractivity contribution in [1.29, 1.82) is 0 Å². The van der Waals surface area contributed by atoms with Gasteiger partial charge in [0.1, 0.15) is 5.75 Å². The number of aromatic nitrogens is 2. The highest BCUT2D eigenvalue weighted by atomic mass is 35.5. The summed E-state index contributed by atoms with van der Waals surface area (Å²) in [5, 5.41) is 1.08. The van der Waals surface area contributed by atoms with Gasteiger partial charge < -0.3 is 4.74 Å². The lowest BCUT2D eigenvalue weighted by Crippen LogP contribution is -1.94. The van der Waals surface area contributed by atoms with E-state index in [4.69, 9.17) is 16.3 Å². The number of fused-ring (bicyclic) bond motifs is 1. The number of benzene rings is 1. The van der Waals surface area contributed by atoms with Crippen molar-refractivity contribution in [3.8, 4) is 11.6 Å². The third-order valence-corrected chi connectivity index (χ3v) is 3.40. The fourth-order valence-electron chi connectivity index (χ4n) is 2.00. The van der Waals surface area contributed by atoms with Crippen LogP contribution in [-0.2, 0) is 5.88 Å². The van der Waals surface area contributed by atoms with Gasteiger partial charge in [-0.15, -0.1) is 11.6 Å². The lowest BCUT2D eigenvalue weighted by molar-refractivity contribution is 0.462. The highest BCUT2D eigenvalue weighted by molar-refractivity contribution is 6.17. The van der Waals surface area contributed by atoms with Crippen molar-refractivity contribution in [2.24, 2.45) is 0 Å². The smallest absolute Gasteiger partial charge is 0.219 e. The lowest BCUT2D eigenvalue weighted by Gasteiger charge is -2.08. The molecule has 0 unspecified atom stereocenters. The van der Waals surface area contributed by atoms with Crippen LogP contribution in [0.1, 0.15) is 11.3 Å². The Balaban J connectivity index is 1.90. The van der Waals surface area contributed by atoms with Crippen LogP contribution >= 0.6 is 11.6 Å². The molecule has 0 radical (unpaired) electrons. The Morgan fingerprint density at radius 3 is 2.85 bits per heavy atom. The van der Waals surface area contributed by atoms with E-state index in [0.29, 0.717) is 11.8 Å². The fourth-order valence-corrected chi connectivity index (χ4v) is 2.28. The van der Waals surface area contributed by atoms with Crippen LogP contribution in [-0.4, -0.2) is 9.97 Å². The SMILES string of the molecule is Cc1nc(Oc2ccc3cccnc3c2)ccc1CCl. The van der Waals surface area contributed by atoms with E-state index in [1.807, 2.05) is 49.4 Å². The number of pyridine rings is 2. The van der Waals surface area contributed by atoms with Crippen LogP contribution in [0.25, 0.3) is 10.9 Å². The van der Waals surface area contributed by atoms with Crippen molar-refractivity contribution in [3.63, 3.8) is 0 Å². The highest BCUT2D eigenvalue weighted by Crippen LogP contribution is 2.24. The van der Waals surface area contributed by atoms with E-state index in [1.165, 1.54) is 0 Å². The first-order valence-electron chi connectivity index (χ1n) is 6.31. The van der Waals surface area contributed by atoms with Crippen molar-refractivity contribution >= 4 is 22.5 Å². The van der Waals surface area contributed by atoms with E-state index in [2.05, 4.69) is 9.97 Å². The molecule has 0 aliphatic heterocycles. The molecule has 3 rings (SSSR count). The molecule has 0 N–H and O–H groups in total. The molecule has 20 heavy (non-hydrogen) atoms. The molecule has 1 aromatic carbocycles. The molecule has 0 amide bonds. The topological polar surface area (TPSA) is 35.0 Å². The van der Waals surface area contributed by atoms with Gasteiger partial charge in [-0.2, -0.15) is 0 Å². The Labute approximate surface area is 122 Å². The fraction of sp³-hybridized carbons (Fsp3) is 0.125. The molecule has 0 fully saturated rings. The second kappa shape index (κ2) is 5.47. The number of ether oxygens (including phenoxy) is 1. The van der Waals surface area contributed by atoms with Crippen molar-refractivity contribution in [1.82, 2.24) is 9.97 Å². The maximum absolute atomic E-state index is 5.82. The van der Waals surface area contributed by atoms with Gasteiger partial charge in [-0.3, -0.25) is 4.98 Å². The first-order valence-corrected chi connectivity index (χ1v) is 6.85. The summed E-state index contributed by atoms with van der Waals surface area (Å²) in [7, 11) is 0. The molecule has 3 aromatic rings. The van der Waals surface area contributed by atoms with Gasteiger partial charge in [-0.25, -0.2) is 4.98 Å². The lowest BCUT2D eigenvalue weighted by atomic mass is 10.2. The number of rotatable bonds is 3. The molecule has 0 bridgehead atoms. The summed E-state index contributed by atoms with van der Waals surface area (Å²) in [6, 6.07) is 13.5. The van der Waals surface area contributed by atoms with Gasteiger partial charge in [0.25, 0.3) is 0 Å². The molecule has 0 saturated heterocycles. The van der Waals surface area contributed by atoms with E-state index in [9.17, 15) is 0 Å². The predicted molar refractivity (Wildman–Crippen MR) is 80.3 cm³/mol. The number of aryl methyl sites for hydroxylation is 1. The molecule has 0 spiro atoms. The molecule has 0 saturated carbocycles. The van der Waals surface area contributed by atoms with Crippen LogP contribution in [0, 0.1) is 6.92 Å². The number of alkyl halides is 1. The molecule has 0 aliphatic carbocycles. The molecule has 4 heteroatoms. The Hall–Kier alpha value is -2.13. The van der Waals surface area contributed by atoms with Crippen LogP contribution in [0.5, 0.6) is 11.6 Å². The zero-order chi connectivity index (χ0) is 13.9. The van der Waals surface area contributed by atoms with Crippen molar-refractivity contribution in [3.05, 3.63) is 59.9 Å². The first kappa shape index (κ1) is 12.9. The molecule has 3 nitrogen and oxygen atoms in total. The van der Waals surface area contributed by atoms with E-state index in [0.717, 1.165) is 27.9 Å². The number of halogens is 1. The highest BCUT2D eigenvalue weighted by Gasteiger charge is 2.04. The van der Waals surface area contributed by atoms with E-state index in [1.54, 1.807) is 6.20 Å². The summed E-state index contributed by atoms with van der Waals surface area (Å²) in [4.78, 5) is 8.70. The minimum absolute atomic E-state index is 0.457. The van der Waals surface area contributed by atoms with Gasteiger partial charge in [0.05, 0.1) is 5.52 Å². The molecular weight excluding hydrogens is 272 g/mol. The van der Waals surface area contributed by atoms with Crippen LogP contribution in [0.2, 0.25) is 0 Å². The average molecular weight is 285 g/mol. The van der Waals surface area contributed by atoms with Crippen molar-refractivity contribution in [2.75, 3.05) is 0 Å². The summed E-state index contributed by atoms with van der Waals surface area (Å²) in [6.45, 7) is 1.92. The van der Waals surface area contributed by atoms with Crippen LogP contribution < -0.4 is 4.74 Å². The van der Waals surface area contributed by atoms with Crippen molar-refractivity contribution < 1.29 is 4.74 Å². The Morgan fingerprint density at radius 2 is 2.05 bits per heavy atom. The van der Waals surface area contributed by atoms with Crippen LogP contribution in [0.15, 0.2) is 48.7 Å². The minimum Gasteiger partial charge on any atom is -0.439 e. The minimum atomic E-state index is 0.457. The molecule has 2 aromatic heterocycles. The third-order valence-electron chi connectivity index (χ3n) is 3.11. The average Bonchev–Trinajstić information content (AvgIpc) is 2.47. The third kappa shape index (κ3) is 2.58. The maximum Gasteiger partial charge on any atom is 0.219 e. The number of hydrogen-bond acceptors (Lipinski definition) is 3. The van der Waals surface area contributed by atoms with Crippen LogP contribution in [0.4, 0.5) is 0 Å². The molecule has 2 heterocycles. The second-order valence-corrected chi connectivity index (χ2v) is 4.75. The second-order valence-electron chi connectivity index (χ2n) is 4.49. The van der Waals surface area contributed by atoms with Crippen LogP contribution in [0.3, 0.4) is 0 Å². The molecule has 100 valence electrons. The van der Waals surface area contributed by atoms with E-state index in [-0.39, 0.29) is 0 Å². The summed E-state index contributed by atoms with van der Waals surface area (Å²) in [6.07, 6.45) is 1.77. The van der Waals surface area contributed by atoms with Gasteiger partial charge in [-0.05, 0) is 30.7 Å². The van der Waals surface area contributed by atoms with Gasteiger partial charge in [-0.1, -0.05) is 12.1 Å². The normalized spacial score (nSPS) is 10.7. The maximum atomic E-state index is 5.82. The Bertz CT molecular complexity index is 758. The molecular formula is C16H13ClN2O. The Morgan fingerprint density at radius 1 is 1.15 bits per heavy atom. The largest absolute Gasteiger partial charge is 0.439 e. The predicted octanol–water partition coefficient (Wildman–Crippen LogP) is 4.47. The summed E-state index contributed by atoms with van der Waals surface area (Å²) in [5.74, 6) is 1.74. The summed E-state index contributed by atoms with van der Waals surface area (Å²) >= 11 is 5.82. The molecule has 0 aliphatic rings. The van der Waals surface area contributed by atoms with Gasteiger partial charge in [0.2, 0.25) is 5.88 Å². The van der Waals surface area contributed by atoms with Gasteiger partial charge in [0.15, 0.2) is 0 Å². The standard InChI is InChI=1S/C16H13ClN2O/c1-11-13(10-17)5-7-16(19-11)20-14-6-4-12-3-2-8-18-15(12)9-14/h2-9H,10H2,1H3. The summed E-state index contributed by atoms with van der Waals surface area (Å²) < 4.78 is 5.77. The quantitative estimate of drug-likeness (QED) is 0.666. The number of nitrogens with zero attached hydrogens (tertiary/aromatic N) is 2. The number of hydrogen-bond donors (Lipinski definition) is 0. The molecule has 0 atom stereocenters. The first-order chi connectivity index (χ1) is 9.76.